The third-order valence-corrected chi connectivity index (χ3v) is 4.70. The molecule has 120 valence electrons. The topological polar surface area (TPSA) is 21.1 Å². The van der Waals surface area contributed by atoms with Gasteiger partial charge >= 0.3 is 0 Å². The van der Waals surface area contributed by atoms with Crippen LogP contribution in [0.5, 0.6) is 0 Å². The maximum absolute atomic E-state index is 4.23. The van der Waals surface area contributed by atoms with Crippen molar-refractivity contribution in [3.8, 4) is 0 Å². The van der Waals surface area contributed by atoms with Crippen molar-refractivity contribution >= 4 is 23.3 Å². The van der Waals surface area contributed by atoms with Crippen LogP contribution in [0.1, 0.15) is 16.8 Å². The zero-order valence-corrected chi connectivity index (χ0v) is 14.2. The first-order valence-electron chi connectivity index (χ1n) is 7.99. The van der Waals surface area contributed by atoms with E-state index in [1.54, 1.807) is 0 Å². The molecule has 0 unspecified atom stereocenters. The van der Waals surface area contributed by atoms with Crippen LogP contribution in [-0.2, 0) is 25.9 Å². The minimum absolute atomic E-state index is 0. The lowest BCUT2D eigenvalue weighted by Gasteiger charge is -2.24. The van der Waals surface area contributed by atoms with Gasteiger partial charge in [0.25, 0.3) is 0 Å². The summed E-state index contributed by atoms with van der Waals surface area (Å²) in [7, 11) is 2.21. The van der Waals surface area contributed by atoms with E-state index in [-0.39, 0.29) is 12.4 Å². The van der Waals surface area contributed by atoms with Crippen LogP contribution in [0.25, 0.3) is 10.9 Å². The van der Waals surface area contributed by atoms with Crippen LogP contribution >= 0.6 is 12.4 Å². The molecule has 0 aliphatic carbocycles. The lowest BCUT2D eigenvalue weighted by atomic mass is 10.1. The van der Waals surface area contributed by atoms with Gasteiger partial charge in [0.15, 0.2) is 0 Å². The van der Waals surface area contributed by atoms with Crippen molar-refractivity contribution in [1.82, 2.24) is 14.5 Å². The van der Waals surface area contributed by atoms with Crippen molar-refractivity contribution in [2.75, 3.05) is 13.6 Å². The second kappa shape index (κ2) is 6.73. The molecule has 0 saturated carbocycles. The third kappa shape index (κ3) is 2.99. The van der Waals surface area contributed by atoms with Gasteiger partial charge in [-0.05, 0) is 36.7 Å². The predicted octanol–water partition coefficient (Wildman–Crippen LogP) is 3.69. The highest BCUT2D eigenvalue weighted by molar-refractivity contribution is 5.86. The molecule has 4 rings (SSSR count). The van der Waals surface area contributed by atoms with Gasteiger partial charge < -0.3 is 9.47 Å². The number of halogens is 1. The number of fused-ring (bicyclic) bond motifs is 3. The first-order valence-corrected chi connectivity index (χ1v) is 7.99. The van der Waals surface area contributed by atoms with Crippen LogP contribution in [0.15, 0.2) is 48.8 Å². The summed E-state index contributed by atoms with van der Waals surface area (Å²) in [6, 6.07) is 13.0. The molecule has 2 aromatic heterocycles. The number of hydrogen-bond acceptors (Lipinski definition) is 2. The highest BCUT2D eigenvalue weighted by Crippen LogP contribution is 2.30. The lowest BCUT2D eigenvalue weighted by molar-refractivity contribution is 0.309. The van der Waals surface area contributed by atoms with Crippen LogP contribution in [0.3, 0.4) is 0 Å². The Labute approximate surface area is 143 Å². The van der Waals surface area contributed by atoms with Crippen LogP contribution in [-0.4, -0.2) is 28.0 Å². The molecule has 0 N–H and O–H groups in total. The van der Waals surface area contributed by atoms with Crippen molar-refractivity contribution in [3.63, 3.8) is 0 Å². The molecule has 1 aliphatic heterocycles. The molecule has 0 spiro atoms. The molecule has 3 nitrogen and oxygen atoms in total. The van der Waals surface area contributed by atoms with E-state index in [1.807, 2.05) is 18.5 Å². The minimum atomic E-state index is 0. The summed E-state index contributed by atoms with van der Waals surface area (Å²) in [6.45, 7) is 3.25. The van der Waals surface area contributed by atoms with Crippen LogP contribution in [0, 0.1) is 0 Å². The van der Waals surface area contributed by atoms with Gasteiger partial charge in [-0.15, -0.1) is 12.4 Å². The fourth-order valence-corrected chi connectivity index (χ4v) is 3.58. The first kappa shape index (κ1) is 16.0. The molecule has 0 fully saturated rings. The van der Waals surface area contributed by atoms with E-state index in [0.717, 1.165) is 32.5 Å². The molecule has 4 heteroatoms. The van der Waals surface area contributed by atoms with E-state index < -0.39 is 0 Å². The van der Waals surface area contributed by atoms with E-state index in [4.69, 9.17) is 0 Å². The Balaban J connectivity index is 0.00000156. The van der Waals surface area contributed by atoms with Gasteiger partial charge in [-0.25, -0.2) is 0 Å². The number of para-hydroxylation sites is 1. The van der Waals surface area contributed by atoms with Crippen LogP contribution < -0.4 is 0 Å². The summed E-state index contributed by atoms with van der Waals surface area (Å²) >= 11 is 0. The van der Waals surface area contributed by atoms with Gasteiger partial charge in [0.1, 0.15) is 0 Å². The fraction of sp³-hybridized carbons (Fsp3) is 0.316. The summed E-state index contributed by atoms with van der Waals surface area (Å²) in [4.78, 5) is 6.65. The number of pyridine rings is 1. The molecule has 3 heterocycles. The Kier molecular flexibility index (Phi) is 4.69. The SMILES string of the molecule is CN1CCc2c(c3ccccc3n2CCc2cccnc2)C1.Cl. The van der Waals surface area contributed by atoms with Crippen molar-refractivity contribution in [2.24, 2.45) is 0 Å². The molecular formula is C19H22ClN3. The van der Waals surface area contributed by atoms with Gasteiger partial charge in [-0.3, -0.25) is 4.98 Å². The smallest absolute Gasteiger partial charge is 0.0486 e. The second-order valence-corrected chi connectivity index (χ2v) is 6.19. The van der Waals surface area contributed by atoms with Gasteiger partial charge in [0.05, 0.1) is 0 Å². The highest BCUT2D eigenvalue weighted by atomic mass is 35.5. The normalized spacial score (nSPS) is 14.5. The summed E-state index contributed by atoms with van der Waals surface area (Å²) in [6.07, 6.45) is 6.00. The quantitative estimate of drug-likeness (QED) is 0.731. The molecule has 1 aliphatic rings. The van der Waals surface area contributed by atoms with Gasteiger partial charge in [0.2, 0.25) is 0 Å². The maximum atomic E-state index is 4.23. The zero-order valence-electron chi connectivity index (χ0n) is 13.4. The van der Waals surface area contributed by atoms with E-state index in [2.05, 4.69) is 51.8 Å². The third-order valence-electron chi connectivity index (χ3n) is 4.70. The number of aromatic nitrogens is 2. The monoisotopic (exact) mass is 327 g/mol. The molecular weight excluding hydrogens is 306 g/mol. The average Bonchev–Trinajstić information content (AvgIpc) is 2.87. The van der Waals surface area contributed by atoms with Gasteiger partial charge in [0, 0.05) is 55.0 Å². The lowest BCUT2D eigenvalue weighted by Crippen LogP contribution is -2.27. The Hall–Kier alpha value is -1.84. The van der Waals surface area contributed by atoms with E-state index in [0.29, 0.717) is 0 Å². The maximum Gasteiger partial charge on any atom is 0.0486 e. The standard InChI is InChI=1S/C19H21N3.ClH/c1-21-11-9-19-17(14-21)16-6-2-3-7-18(16)22(19)12-8-15-5-4-10-20-13-15;/h2-7,10,13H,8-9,11-12,14H2,1H3;1H. The Bertz CT molecular complexity index is 795. The van der Waals surface area contributed by atoms with Crippen molar-refractivity contribution in [3.05, 3.63) is 65.6 Å². The Morgan fingerprint density at radius 3 is 2.83 bits per heavy atom. The molecule has 0 bridgehead atoms. The molecule has 3 aromatic rings. The molecule has 1 aromatic carbocycles. The zero-order chi connectivity index (χ0) is 14.9. The predicted molar refractivity (Wildman–Crippen MR) is 97.2 cm³/mol. The number of nitrogens with zero attached hydrogens (tertiary/aromatic N) is 3. The van der Waals surface area contributed by atoms with E-state index in [1.165, 1.54) is 27.7 Å². The van der Waals surface area contributed by atoms with Gasteiger partial charge in [-0.1, -0.05) is 24.3 Å². The summed E-state index contributed by atoms with van der Waals surface area (Å²) < 4.78 is 2.53. The molecule has 0 atom stereocenters. The second-order valence-electron chi connectivity index (χ2n) is 6.19. The first-order chi connectivity index (χ1) is 10.8. The average molecular weight is 328 g/mol. The van der Waals surface area contributed by atoms with E-state index in [9.17, 15) is 0 Å². The van der Waals surface area contributed by atoms with E-state index >= 15 is 0 Å². The number of hydrogen-bond donors (Lipinski definition) is 0. The number of rotatable bonds is 3. The fourth-order valence-electron chi connectivity index (χ4n) is 3.58. The summed E-state index contributed by atoms with van der Waals surface area (Å²) in [5, 5.41) is 1.43. The molecule has 0 saturated heterocycles. The van der Waals surface area contributed by atoms with Crippen molar-refractivity contribution < 1.29 is 0 Å². The molecule has 23 heavy (non-hydrogen) atoms. The summed E-state index contributed by atoms with van der Waals surface area (Å²) in [5.74, 6) is 0. The van der Waals surface area contributed by atoms with Crippen molar-refractivity contribution in [1.29, 1.82) is 0 Å². The largest absolute Gasteiger partial charge is 0.344 e. The number of benzene rings is 1. The molecule has 0 radical (unpaired) electrons. The minimum Gasteiger partial charge on any atom is -0.344 e. The van der Waals surface area contributed by atoms with Gasteiger partial charge in [-0.2, -0.15) is 0 Å². The Morgan fingerprint density at radius 1 is 1.13 bits per heavy atom. The van der Waals surface area contributed by atoms with Crippen LogP contribution in [0.2, 0.25) is 0 Å². The highest BCUT2D eigenvalue weighted by Gasteiger charge is 2.21. The molecule has 0 amide bonds. The summed E-state index contributed by atoms with van der Waals surface area (Å²) in [5.41, 5.74) is 5.74. The van der Waals surface area contributed by atoms with Crippen LogP contribution in [0.4, 0.5) is 0 Å². The number of aryl methyl sites for hydroxylation is 2. The van der Waals surface area contributed by atoms with Crippen molar-refractivity contribution in [2.45, 2.75) is 25.9 Å². The number of likely N-dealkylation sites (N-methyl/N-ethyl adjacent to an activating group) is 1. The Morgan fingerprint density at radius 2 is 2.00 bits per heavy atom.